The minimum absolute atomic E-state index is 0.0304. The molecular formula is C27H27BrN4O3. The van der Waals surface area contributed by atoms with Crippen molar-refractivity contribution in [2.45, 2.75) is 19.5 Å². The fraction of sp³-hybridized carbons (Fsp3) is 0.185. The number of fused-ring (bicyclic) bond motifs is 1. The Labute approximate surface area is 212 Å². The number of carbonyl (C=O) groups is 1. The average molecular weight is 535 g/mol. The topological polar surface area (TPSA) is 101 Å². The third kappa shape index (κ3) is 5.72. The molecule has 1 aromatic heterocycles. The molecule has 0 amide bonds. The zero-order valence-electron chi connectivity index (χ0n) is 19.7. The first-order valence-corrected chi connectivity index (χ1v) is 11.9. The summed E-state index contributed by atoms with van der Waals surface area (Å²) in [5, 5.41) is 23.9. The highest BCUT2D eigenvalue weighted by atomic mass is 79.9. The highest BCUT2D eigenvalue weighted by Gasteiger charge is 2.19. The van der Waals surface area contributed by atoms with E-state index in [9.17, 15) is 15.0 Å². The maximum Gasteiger partial charge on any atom is 0.325 e. The number of benzene rings is 3. The van der Waals surface area contributed by atoms with Crippen molar-refractivity contribution < 1.29 is 15.0 Å². The van der Waals surface area contributed by atoms with E-state index in [1.807, 2.05) is 80.8 Å². The number of aromatic amines is 1. The Morgan fingerprint density at radius 2 is 1.77 bits per heavy atom. The van der Waals surface area contributed by atoms with Crippen LogP contribution in [0.1, 0.15) is 23.6 Å². The summed E-state index contributed by atoms with van der Waals surface area (Å²) >= 11 is 3.48. The molecule has 35 heavy (non-hydrogen) atoms. The lowest BCUT2D eigenvalue weighted by molar-refractivity contribution is -0.137. The minimum Gasteiger partial charge on any atom is -0.494 e. The maximum absolute atomic E-state index is 11.2. The number of hydrogen-bond donors (Lipinski definition) is 4. The van der Waals surface area contributed by atoms with Crippen molar-refractivity contribution >= 4 is 49.9 Å². The van der Waals surface area contributed by atoms with E-state index in [2.05, 4.69) is 31.1 Å². The number of aromatic hydroxyl groups is 1. The molecule has 0 radical (unpaired) electrons. The lowest BCUT2D eigenvalue weighted by atomic mass is 10.00. The molecule has 0 spiro atoms. The van der Waals surface area contributed by atoms with Crippen LogP contribution in [0.3, 0.4) is 0 Å². The number of aliphatic imine (C=N–C) groups is 1. The van der Waals surface area contributed by atoms with Crippen LogP contribution in [0.15, 0.2) is 76.2 Å². The van der Waals surface area contributed by atoms with Gasteiger partial charge in [0.2, 0.25) is 0 Å². The van der Waals surface area contributed by atoms with E-state index in [0.29, 0.717) is 17.0 Å². The molecule has 1 heterocycles. The highest BCUT2D eigenvalue weighted by molar-refractivity contribution is 9.10. The summed E-state index contributed by atoms with van der Waals surface area (Å²) in [5.74, 6) is -0.897. The monoisotopic (exact) mass is 534 g/mol. The predicted molar refractivity (Wildman–Crippen MR) is 144 cm³/mol. The number of carboxylic acids is 1. The van der Waals surface area contributed by atoms with E-state index < -0.39 is 12.0 Å². The van der Waals surface area contributed by atoms with Crippen molar-refractivity contribution in [3.05, 3.63) is 87.9 Å². The second kappa shape index (κ2) is 10.3. The van der Waals surface area contributed by atoms with Gasteiger partial charge in [0.25, 0.3) is 0 Å². The summed E-state index contributed by atoms with van der Waals surface area (Å²) < 4.78 is 0.899. The number of nitrogens with zero attached hydrogens (tertiary/aromatic N) is 2. The molecule has 8 heteroatoms. The molecule has 4 N–H and O–H groups in total. The summed E-state index contributed by atoms with van der Waals surface area (Å²) in [5.41, 5.74) is 5.40. The summed E-state index contributed by atoms with van der Waals surface area (Å²) in [6.45, 7) is 2.42. The van der Waals surface area contributed by atoms with Crippen molar-refractivity contribution in [3.63, 3.8) is 0 Å². The van der Waals surface area contributed by atoms with E-state index in [1.54, 1.807) is 6.92 Å². The number of hydrogen-bond acceptors (Lipinski definition) is 5. The predicted octanol–water partition coefficient (Wildman–Crippen LogP) is 5.75. The SMILES string of the molecule is CC(Nc1ccc(C(=Nc2ccc(CN(C)C)cc2)c2c(O)[nH]c3cc(Br)ccc23)cc1)C(=O)O. The van der Waals surface area contributed by atoms with Gasteiger partial charge in [-0.2, -0.15) is 0 Å². The number of rotatable bonds is 8. The quantitative estimate of drug-likeness (QED) is 0.215. The van der Waals surface area contributed by atoms with Crippen molar-refractivity contribution in [1.82, 2.24) is 9.88 Å². The van der Waals surface area contributed by atoms with E-state index >= 15 is 0 Å². The van der Waals surface area contributed by atoms with Crippen molar-refractivity contribution in [1.29, 1.82) is 0 Å². The smallest absolute Gasteiger partial charge is 0.325 e. The molecule has 0 aliphatic rings. The molecule has 0 bridgehead atoms. The number of anilines is 1. The van der Waals surface area contributed by atoms with Gasteiger partial charge in [-0.25, -0.2) is 4.99 Å². The highest BCUT2D eigenvalue weighted by Crippen LogP contribution is 2.33. The molecule has 0 fully saturated rings. The maximum atomic E-state index is 11.2. The minimum atomic E-state index is -0.927. The third-order valence-corrected chi connectivity index (χ3v) is 6.06. The van der Waals surface area contributed by atoms with Crippen molar-refractivity contribution in [2.75, 3.05) is 19.4 Å². The molecule has 1 atom stereocenters. The van der Waals surface area contributed by atoms with Crippen LogP contribution in [0.5, 0.6) is 5.88 Å². The van der Waals surface area contributed by atoms with E-state index in [0.717, 1.165) is 33.2 Å². The number of H-pyrrole nitrogens is 1. The molecule has 0 saturated carbocycles. The second-order valence-corrected chi connectivity index (χ2v) is 9.60. The fourth-order valence-corrected chi connectivity index (χ4v) is 4.23. The summed E-state index contributed by atoms with van der Waals surface area (Å²) in [4.78, 5) is 21.3. The van der Waals surface area contributed by atoms with Gasteiger partial charge in [0.15, 0.2) is 5.88 Å². The Morgan fingerprint density at radius 3 is 2.40 bits per heavy atom. The van der Waals surface area contributed by atoms with Gasteiger partial charge in [-0.15, -0.1) is 0 Å². The first-order valence-electron chi connectivity index (χ1n) is 11.1. The van der Waals surface area contributed by atoms with Gasteiger partial charge >= 0.3 is 5.97 Å². The fourth-order valence-electron chi connectivity index (χ4n) is 3.87. The first-order chi connectivity index (χ1) is 16.7. The van der Waals surface area contributed by atoms with Gasteiger partial charge in [-0.3, -0.25) is 4.79 Å². The molecule has 4 aromatic rings. The second-order valence-electron chi connectivity index (χ2n) is 8.68. The molecule has 3 aromatic carbocycles. The first kappa shape index (κ1) is 24.5. The van der Waals surface area contributed by atoms with Gasteiger partial charge in [-0.1, -0.05) is 46.3 Å². The van der Waals surface area contributed by atoms with Gasteiger partial charge in [0.1, 0.15) is 6.04 Å². The molecule has 0 saturated heterocycles. The van der Waals surface area contributed by atoms with Crippen LogP contribution in [0.4, 0.5) is 11.4 Å². The number of halogens is 1. The zero-order valence-corrected chi connectivity index (χ0v) is 21.3. The molecule has 0 aliphatic heterocycles. The number of aliphatic carboxylic acids is 1. The van der Waals surface area contributed by atoms with Gasteiger partial charge in [-0.05, 0) is 63.0 Å². The van der Waals surface area contributed by atoms with Crippen LogP contribution < -0.4 is 5.32 Å². The number of nitrogens with one attached hydrogen (secondary N) is 2. The summed E-state index contributed by atoms with van der Waals surface area (Å²) in [6.07, 6.45) is 0. The van der Waals surface area contributed by atoms with E-state index in [-0.39, 0.29) is 5.88 Å². The third-order valence-electron chi connectivity index (χ3n) is 5.57. The molecular weight excluding hydrogens is 508 g/mol. The zero-order chi connectivity index (χ0) is 25.1. The Morgan fingerprint density at radius 1 is 1.09 bits per heavy atom. The molecule has 0 aliphatic carbocycles. The largest absolute Gasteiger partial charge is 0.494 e. The van der Waals surface area contributed by atoms with Crippen LogP contribution in [0.2, 0.25) is 0 Å². The summed E-state index contributed by atoms with van der Waals surface area (Å²) in [6, 6.07) is 20.4. The summed E-state index contributed by atoms with van der Waals surface area (Å²) in [7, 11) is 4.05. The number of aromatic nitrogens is 1. The van der Waals surface area contributed by atoms with Crippen LogP contribution in [0, 0.1) is 0 Å². The molecule has 4 rings (SSSR count). The normalized spacial score (nSPS) is 12.8. The number of carboxylic acid groups (broad SMARTS) is 1. The Kier molecular flexibility index (Phi) is 7.23. The van der Waals surface area contributed by atoms with Crippen LogP contribution in [0.25, 0.3) is 10.9 Å². The Hall–Kier alpha value is -3.62. The Balaban J connectivity index is 1.80. The van der Waals surface area contributed by atoms with E-state index in [4.69, 9.17) is 4.99 Å². The van der Waals surface area contributed by atoms with Gasteiger partial charge in [0, 0.05) is 27.7 Å². The van der Waals surface area contributed by atoms with Crippen molar-refractivity contribution in [2.24, 2.45) is 4.99 Å². The molecule has 1 unspecified atom stereocenters. The van der Waals surface area contributed by atoms with Gasteiger partial charge in [0.05, 0.1) is 22.5 Å². The lowest BCUT2D eigenvalue weighted by Crippen LogP contribution is -2.25. The molecule has 180 valence electrons. The van der Waals surface area contributed by atoms with Gasteiger partial charge < -0.3 is 25.4 Å². The molecule has 7 nitrogen and oxygen atoms in total. The van der Waals surface area contributed by atoms with E-state index in [1.165, 1.54) is 5.56 Å². The lowest BCUT2D eigenvalue weighted by Gasteiger charge is -2.13. The Bertz CT molecular complexity index is 1380. The standard InChI is InChI=1S/C27H27BrN4O3/c1-16(27(34)35)29-20-11-6-18(7-12-20)25(30-21-9-4-17(5-10-21)15-32(2)3)24-22-13-8-19(28)14-23(22)31-26(24)33/h4-14,16,29,31,33H,15H2,1-3H3,(H,34,35). The van der Waals surface area contributed by atoms with Crippen LogP contribution in [-0.4, -0.2) is 51.9 Å². The van der Waals surface area contributed by atoms with Crippen molar-refractivity contribution in [3.8, 4) is 5.88 Å². The van der Waals surface area contributed by atoms with Crippen LogP contribution in [-0.2, 0) is 11.3 Å². The van der Waals surface area contributed by atoms with Crippen LogP contribution >= 0.6 is 15.9 Å². The average Bonchev–Trinajstić information content (AvgIpc) is 3.13.